The maximum absolute atomic E-state index is 12.9. The number of carbonyl (C=O) groups excluding carboxylic acids is 4. The van der Waals surface area contributed by atoms with Gasteiger partial charge in [0.15, 0.2) is 0 Å². The van der Waals surface area contributed by atoms with Crippen molar-refractivity contribution in [3.05, 3.63) is 59.7 Å². The highest BCUT2D eigenvalue weighted by molar-refractivity contribution is 8.76. The monoisotopic (exact) mass is 672 g/mol. The highest BCUT2D eigenvalue weighted by Crippen LogP contribution is 2.40. The highest BCUT2D eigenvalue weighted by atomic mass is 33.1. The molecule has 0 heterocycles. The lowest BCUT2D eigenvalue weighted by molar-refractivity contribution is -0.144. The van der Waals surface area contributed by atoms with Gasteiger partial charge in [-0.3, -0.25) is 19.2 Å². The number of carbonyl (C=O) groups is 4. The van der Waals surface area contributed by atoms with E-state index in [9.17, 15) is 19.2 Å². The fraction of sp³-hybridized carbons (Fsp3) is 0.556. The molecular weight excluding hydrogens is 621 g/mol. The Hall–Kier alpha value is -2.98. The molecule has 2 N–H and O–H groups in total. The quantitative estimate of drug-likeness (QED) is 0.0614. The molecule has 2 aromatic rings. The number of amides is 2. The molecule has 254 valence electrons. The Kier molecular flexibility index (Phi) is 21.4. The minimum absolute atomic E-state index is 0.181. The van der Waals surface area contributed by atoms with Crippen LogP contribution in [0.3, 0.4) is 0 Å². The first-order valence-electron chi connectivity index (χ1n) is 16.9. The van der Waals surface area contributed by atoms with E-state index in [1.807, 2.05) is 36.4 Å². The molecule has 0 spiro atoms. The first-order chi connectivity index (χ1) is 22.5. The van der Waals surface area contributed by atoms with E-state index in [0.717, 1.165) is 48.3 Å². The van der Waals surface area contributed by atoms with Gasteiger partial charge >= 0.3 is 11.9 Å². The first kappa shape index (κ1) is 39.2. The van der Waals surface area contributed by atoms with Crippen LogP contribution in [0.4, 0.5) is 0 Å². The summed E-state index contributed by atoms with van der Waals surface area (Å²) in [5, 5.41) is 5.83. The summed E-state index contributed by atoms with van der Waals surface area (Å²) in [5.74, 6) is -0.761. The van der Waals surface area contributed by atoms with Crippen molar-refractivity contribution in [1.82, 2.24) is 10.6 Å². The molecule has 0 aromatic heterocycles. The van der Waals surface area contributed by atoms with E-state index < -0.39 is 0 Å². The van der Waals surface area contributed by atoms with Gasteiger partial charge in [0.05, 0.1) is 24.3 Å². The van der Waals surface area contributed by atoms with Crippen molar-refractivity contribution < 1.29 is 28.7 Å². The van der Waals surface area contributed by atoms with E-state index in [1.165, 1.54) is 47.3 Å². The van der Waals surface area contributed by atoms with Crippen LogP contribution in [0.5, 0.6) is 0 Å². The largest absolute Gasteiger partial charge is 0.466 e. The van der Waals surface area contributed by atoms with Crippen LogP contribution in [0.15, 0.2) is 58.3 Å². The van der Waals surface area contributed by atoms with Gasteiger partial charge in [-0.25, -0.2) is 0 Å². The van der Waals surface area contributed by atoms with Gasteiger partial charge in [0.1, 0.15) is 0 Å². The van der Waals surface area contributed by atoms with Crippen molar-refractivity contribution in [2.24, 2.45) is 0 Å². The lowest BCUT2D eigenvalue weighted by Gasteiger charge is -2.12. The molecule has 0 aliphatic heterocycles. The molecular formula is C36H52N2O6S2. The van der Waals surface area contributed by atoms with Crippen LogP contribution in [-0.4, -0.2) is 50.1 Å². The maximum atomic E-state index is 12.9. The van der Waals surface area contributed by atoms with Crippen molar-refractivity contribution in [2.75, 3.05) is 26.3 Å². The summed E-state index contributed by atoms with van der Waals surface area (Å²) >= 11 is 0. The molecule has 10 heteroatoms. The van der Waals surface area contributed by atoms with Crippen LogP contribution in [0, 0.1) is 0 Å². The molecule has 0 bridgehead atoms. The molecule has 0 saturated carbocycles. The fourth-order valence-corrected chi connectivity index (χ4v) is 6.90. The summed E-state index contributed by atoms with van der Waals surface area (Å²) in [4.78, 5) is 51.2. The van der Waals surface area contributed by atoms with Crippen molar-refractivity contribution >= 4 is 45.3 Å². The summed E-state index contributed by atoms with van der Waals surface area (Å²) < 4.78 is 10.6. The Morgan fingerprint density at radius 1 is 0.543 bits per heavy atom. The summed E-state index contributed by atoms with van der Waals surface area (Å²) in [6.45, 7) is 5.69. The molecule has 46 heavy (non-hydrogen) atoms. The van der Waals surface area contributed by atoms with E-state index in [2.05, 4.69) is 24.5 Å². The van der Waals surface area contributed by atoms with Gasteiger partial charge in [0.2, 0.25) is 0 Å². The molecule has 0 aliphatic carbocycles. The van der Waals surface area contributed by atoms with Crippen LogP contribution < -0.4 is 10.6 Å². The number of unbranched alkanes of at least 4 members (excludes halogenated alkanes) is 8. The van der Waals surface area contributed by atoms with Crippen molar-refractivity contribution in [3.63, 3.8) is 0 Å². The second kappa shape index (κ2) is 25.2. The van der Waals surface area contributed by atoms with Gasteiger partial charge in [-0.15, -0.1) is 0 Å². The van der Waals surface area contributed by atoms with Crippen molar-refractivity contribution in [2.45, 2.75) is 114 Å². The highest BCUT2D eigenvalue weighted by Gasteiger charge is 2.15. The van der Waals surface area contributed by atoms with Crippen molar-refractivity contribution in [3.8, 4) is 0 Å². The Bertz CT molecular complexity index is 1100. The first-order valence-corrected chi connectivity index (χ1v) is 19.0. The predicted octanol–water partition coefficient (Wildman–Crippen LogP) is 8.53. The number of esters is 2. The van der Waals surface area contributed by atoms with Gasteiger partial charge in [-0.05, 0) is 49.9 Å². The molecule has 8 nitrogen and oxygen atoms in total. The zero-order valence-electron chi connectivity index (χ0n) is 27.6. The van der Waals surface area contributed by atoms with E-state index in [-0.39, 0.29) is 37.0 Å². The summed E-state index contributed by atoms with van der Waals surface area (Å²) in [6.07, 6.45) is 12.8. The summed E-state index contributed by atoms with van der Waals surface area (Å²) in [7, 11) is 2.83. The third-order valence-corrected chi connectivity index (χ3v) is 9.67. The molecule has 0 radical (unpaired) electrons. The number of rotatable bonds is 25. The third kappa shape index (κ3) is 17.1. The van der Waals surface area contributed by atoms with E-state index >= 15 is 0 Å². The Morgan fingerprint density at radius 2 is 0.935 bits per heavy atom. The van der Waals surface area contributed by atoms with E-state index in [4.69, 9.17) is 9.47 Å². The molecule has 2 amide bonds. The number of nitrogens with one attached hydrogen (secondary N) is 2. The van der Waals surface area contributed by atoms with Crippen LogP contribution in [0.1, 0.15) is 124 Å². The Morgan fingerprint density at radius 3 is 1.35 bits per heavy atom. The third-order valence-electron chi connectivity index (χ3n) is 7.19. The lowest BCUT2D eigenvalue weighted by Crippen LogP contribution is -2.26. The van der Waals surface area contributed by atoms with Gasteiger partial charge < -0.3 is 20.1 Å². The topological polar surface area (TPSA) is 111 Å². The molecule has 2 rings (SSSR count). The molecule has 0 atom stereocenters. The molecule has 0 aliphatic rings. The second-order valence-electron chi connectivity index (χ2n) is 11.1. The SMILES string of the molecule is CCCCCCCC(=O)OCCCNC(=O)c1ccccc1SSc1ccccc1C(=O)NCCCOC(=O)CCCCCCC. The zero-order valence-corrected chi connectivity index (χ0v) is 29.2. The number of hydrogen-bond acceptors (Lipinski definition) is 8. The minimum Gasteiger partial charge on any atom is -0.466 e. The normalized spacial score (nSPS) is 10.7. The standard InChI is InChI=1S/C36H52N2O6S2/c1-3-5-7-9-11-23-33(39)43-27-17-25-37-35(41)29-19-13-15-21-31(29)45-46-32-22-16-14-20-30(32)36(42)38-26-18-28-44-34(40)24-12-10-8-6-4-2/h13-16,19-22H,3-12,17-18,23-28H2,1-2H3,(H,37,41)(H,38,42). The van der Waals surface area contributed by atoms with Gasteiger partial charge in [0, 0.05) is 35.7 Å². The van der Waals surface area contributed by atoms with Crippen LogP contribution in [0.2, 0.25) is 0 Å². The number of ether oxygens (including phenoxy) is 2. The number of benzene rings is 2. The van der Waals surface area contributed by atoms with E-state index in [1.54, 1.807) is 12.1 Å². The average Bonchev–Trinajstić information content (AvgIpc) is 3.07. The van der Waals surface area contributed by atoms with Crippen LogP contribution in [-0.2, 0) is 19.1 Å². The van der Waals surface area contributed by atoms with Crippen LogP contribution >= 0.6 is 21.6 Å². The van der Waals surface area contributed by atoms with Gasteiger partial charge in [-0.1, -0.05) is 111 Å². The fourth-order valence-electron chi connectivity index (χ4n) is 4.54. The Balaban J connectivity index is 1.73. The van der Waals surface area contributed by atoms with Gasteiger partial charge in [-0.2, -0.15) is 0 Å². The minimum atomic E-state index is -0.200. The predicted molar refractivity (Wildman–Crippen MR) is 187 cm³/mol. The molecule has 2 aromatic carbocycles. The van der Waals surface area contributed by atoms with Crippen LogP contribution in [0.25, 0.3) is 0 Å². The average molecular weight is 673 g/mol. The number of hydrogen-bond donors (Lipinski definition) is 2. The smallest absolute Gasteiger partial charge is 0.305 e. The summed E-state index contributed by atoms with van der Waals surface area (Å²) in [6, 6.07) is 14.7. The molecule has 0 fully saturated rings. The van der Waals surface area contributed by atoms with E-state index in [0.29, 0.717) is 49.9 Å². The summed E-state index contributed by atoms with van der Waals surface area (Å²) in [5.41, 5.74) is 1.09. The molecule has 0 unspecified atom stereocenters. The van der Waals surface area contributed by atoms with Crippen molar-refractivity contribution in [1.29, 1.82) is 0 Å². The van der Waals surface area contributed by atoms with Gasteiger partial charge in [0.25, 0.3) is 11.8 Å². The maximum Gasteiger partial charge on any atom is 0.305 e. The molecule has 0 saturated heterocycles. The second-order valence-corrected chi connectivity index (χ2v) is 13.4. The lowest BCUT2D eigenvalue weighted by atomic mass is 10.1. The Labute approximate surface area is 283 Å². The zero-order chi connectivity index (χ0) is 33.2.